The van der Waals surface area contributed by atoms with Gasteiger partial charge in [-0.05, 0) is 12.2 Å². The lowest BCUT2D eigenvalue weighted by Crippen LogP contribution is -2.52. The zero-order valence-electron chi connectivity index (χ0n) is 10.4. The Morgan fingerprint density at radius 1 is 1.53 bits per heavy atom. The summed E-state index contributed by atoms with van der Waals surface area (Å²) in [5.41, 5.74) is 3.20. The highest BCUT2D eigenvalue weighted by molar-refractivity contribution is 7.80. The summed E-state index contributed by atoms with van der Waals surface area (Å²) in [7, 11) is 1.64. The van der Waals surface area contributed by atoms with Gasteiger partial charge in [-0.3, -0.25) is 20.2 Å². The first-order valence-corrected chi connectivity index (χ1v) is 6.48. The van der Waals surface area contributed by atoms with Crippen LogP contribution in [0, 0.1) is 0 Å². The highest BCUT2D eigenvalue weighted by atomic mass is 35.5. The van der Waals surface area contributed by atoms with Gasteiger partial charge in [0, 0.05) is 20.1 Å². The van der Waals surface area contributed by atoms with Crippen molar-refractivity contribution >= 4 is 34.8 Å². The number of hydrazine groups is 1. The fourth-order valence-corrected chi connectivity index (χ4v) is 2.15. The number of carbonyl (C=O) groups is 1. The maximum absolute atomic E-state index is 12.0. The monoisotopic (exact) mass is 303 g/mol. The van der Waals surface area contributed by atoms with E-state index in [0.29, 0.717) is 26.3 Å². The number of hydrogen-bond donors (Lipinski definition) is 2. The Morgan fingerprint density at radius 3 is 2.79 bits per heavy atom. The molecule has 2 N–H and O–H groups in total. The van der Waals surface area contributed by atoms with Crippen molar-refractivity contribution < 1.29 is 9.53 Å². The molecule has 9 heteroatoms. The second kappa shape index (κ2) is 6.29. The first-order chi connectivity index (χ1) is 9.08. The van der Waals surface area contributed by atoms with Gasteiger partial charge < -0.3 is 4.74 Å². The molecule has 0 aliphatic carbocycles. The average Bonchev–Trinajstić information content (AvgIpc) is 2.70. The van der Waals surface area contributed by atoms with Gasteiger partial charge in [-0.1, -0.05) is 11.6 Å². The molecule has 0 spiro atoms. The third kappa shape index (κ3) is 3.63. The molecule has 7 nitrogen and oxygen atoms in total. The summed E-state index contributed by atoms with van der Waals surface area (Å²) >= 11 is 11.0. The van der Waals surface area contributed by atoms with E-state index in [9.17, 15) is 4.79 Å². The molecular weight excluding hydrogens is 290 g/mol. The molecule has 2 rings (SSSR count). The predicted molar refractivity (Wildman–Crippen MR) is 73.8 cm³/mol. The Hall–Kier alpha value is -1.22. The molecule has 1 saturated heterocycles. The minimum Gasteiger partial charge on any atom is -0.379 e. The number of aromatic nitrogens is 2. The lowest BCUT2D eigenvalue weighted by molar-refractivity contribution is 0.0247. The summed E-state index contributed by atoms with van der Waals surface area (Å²) in [6.07, 6.45) is 1.41. The number of halogens is 1. The SMILES string of the molecule is Cn1ncc(Cl)c1C(=O)NC(=S)NN1CCOCC1. The smallest absolute Gasteiger partial charge is 0.277 e. The first kappa shape index (κ1) is 14.2. The van der Waals surface area contributed by atoms with Crippen LogP contribution >= 0.6 is 23.8 Å². The minimum absolute atomic E-state index is 0.226. The number of hydrogen-bond acceptors (Lipinski definition) is 5. The second-order valence-electron chi connectivity index (χ2n) is 3.96. The quantitative estimate of drug-likeness (QED) is 0.745. The lowest BCUT2D eigenvalue weighted by atomic mass is 10.4. The van der Waals surface area contributed by atoms with Gasteiger partial charge in [0.1, 0.15) is 5.69 Å². The topological polar surface area (TPSA) is 71.4 Å². The molecule has 1 amide bonds. The van der Waals surface area contributed by atoms with E-state index in [-0.39, 0.29) is 15.8 Å². The maximum Gasteiger partial charge on any atom is 0.277 e. The van der Waals surface area contributed by atoms with Crippen LogP contribution in [0.25, 0.3) is 0 Å². The van der Waals surface area contributed by atoms with Gasteiger partial charge in [-0.15, -0.1) is 0 Å². The molecule has 104 valence electrons. The number of thiocarbonyl (C=S) groups is 1. The van der Waals surface area contributed by atoms with Crippen LogP contribution in [0.15, 0.2) is 6.20 Å². The van der Waals surface area contributed by atoms with Crippen molar-refractivity contribution in [3.05, 3.63) is 16.9 Å². The lowest BCUT2D eigenvalue weighted by Gasteiger charge is -2.27. The Morgan fingerprint density at radius 2 is 2.21 bits per heavy atom. The first-order valence-electron chi connectivity index (χ1n) is 5.70. The number of rotatable bonds is 2. The van der Waals surface area contributed by atoms with Gasteiger partial charge >= 0.3 is 0 Å². The fourth-order valence-electron chi connectivity index (χ4n) is 1.68. The summed E-state index contributed by atoms with van der Waals surface area (Å²) in [6.45, 7) is 2.69. The normalized spacial score (nSPS) is 16.1. The molecule has 19 heavy (non-hydrogen) atoms. The molecule has 1 aromatic heterocycles. The van der Waals surface area contributed by atoms with Gasteiger partial charge in [-0.25, -0.2) is 5.01 Å². The standard InChI is InChI=1S/C10H14ClN5O2S/c1-15-8(7(11)6-12-15)9(17)13-10(19)14-16-2-4-18-5-3-16/h6H,2-5H2,1H3,(H2,13,14,17,19). The van der Waals surface area contributed by atoms with Crippen molar-refractivity contribution in [2.75, 3.05) is 26.3 Å². The summed E-state index contributed by atoms with van der Waals surface area (Å²) in [4.78, 5) is 12.0. The molecule has 1 aliphatic heterocycles. The Bertz CT molecular complexity index is 467. The molecule has 0 radical (unpaired) electrons. The molecule has 0 bridgehead atoms. The van der Waals surface area contributed by atoms with Crippen molar-refractivity contribution in [2.24, 2.45) is 7.05 Å². The van der Waals surface area contributed by atoms with E-state index in [1.165, 1.54) is 10.9 Å². The third-order valence-corrected chi connectivity index (χ3v) is 3.08. The Kier molecular flexibility index (Phi) is 4.70. The average molecular weight is 304 g/mol. The van der Waals surface area contributed by atoms with Crippen molar-refractivity contribution in [2.45, 2.75) is 0 Å². The molecule has 0 saturated carbocycles. The van der Waals surface area contributed by atoms with Crippen molar-refractivity contribution in [3.63, 3.8) is 0 Å². The molecule has 0 unspecified atom stereocenters. The van der Waals surface area contributed by atoms with Crippen molar-refractivity contribution in [1.82, 2.24) is 25.5 Å². The number of morpholine rings is 1. The van der Waals surface area contributed by atoms with E-state index in [1.807, 2.05) is 5.01 Å². The Labute approximate surface area is 120 Å². The van der Waals surface area contributed by atoms with E-state index in [2.05, 4.69) is 15.8 Å². The van der Waals surface area contributed by atoms with Crippen LogP contribution < -0.4 is 10.7 Å². The highest BCUT2D eigenvalue weighted by Crippen LogP contribution is 2.13. The maximum atomic E-state index is 12.0. The van der Waals surface area contributed by atoms with Crippen molar-refractivity contribution in [1.29, 1.82) is 0 Å². The molecule has 1 fully saturated rings. The zero-order chi connectivity index (χ0) is 13.8. The summed E-state index contributed by atoms with van der Waals surface area (Å²) < 4.78 is 6.61. The van der Waals surface area contributed by atoms with Gasteiger partial charge in [-0.2, -0.15) is 5.10 Å². The Balaban J connectivity index is 1.90. The molecule has 1 aliphatic rings. The molecule has 2 heterocycles. The van der Waals surface area contributed by atoms with Gasteiger partial charge in [0.25, 0.3) is 5.91 Å². The van der Waals surface area contributed by atoms with E-state index in [0.717, 1.165) is 0 Å². The van der Waals surface area contributed by atoms with Gasteiger partial charge in [0.2, 0.25) is 0 Å². The summed E-state index contributed by atoms with van der Waals surface area (Å²) in [5, 5.41) is 8.86. The zero-order valence-corrected chi connectivity index (χ0v) is 11.9. The number of ether oxygens (including phenoxy) is 1. The fraction of sp³-hybridized carbons (Fsp3) is 0.500. The van der Waals surface area contributed by atoms with Crippen LogP contribution in [0.2, 0.25) is 5.02 Å². The number of amides is 1. The second-order valence-corrected chi connectivity index (χ2v) is 4.77. The molecule has 0 atom stereocenters. The minimum atomic E-state index is -0.393. The number of nitrogens with one attached hydrogen (secondary N) is 2. The molecular formula is C10H14ClN5O2S. The van der Waals surface area contributed by atoms with Crippen LogP contribution in [0.3, 0.4) is 0 Å². The predicted octanol–water partition coefficient (Wildman–Crippen LogP) is -0.0750. The van der Waals surface area contributed by atoms with Gasteiger partial charge in [0.05, 0.1) is 24.4 Å². The van der Waals surface area contributed by atoms with Crippen LogP contribution in [0.1, 0.15) is 10.5 Å². The molecule has 0 aromatic carbocycles. The van der Waals surface area contributed by atoms with Crippen LogP contribution in [0.5, 0.6) is 0 Å². The highest BCUT2D eigenvalue weighted by Gasteiger charge is 2.18. The third-order valence-electron chi connectivity index (χ3n) is 2.61. The molecule has 1 aromatic rings. The largest absolute Gasteiger partial charge is 0.379 e. The summed E-state index contributed by atoms with van der Waals surface area (Å²) in [5.74, 6) is -0.393. The number of nitrogens with zero attached hydrogens (tertiary/aromatic N) is 3. The van der Waals surface area contributed by atoms with E-state index < -0.39 is 5.91 Å². The van der Waals surface area contributed by atoms with E-state index in [4.69, 9.17) is 28.6 Å². The van der Waals surface area contributed by atoms with Crippen molar-refractivity contribution in [3.8, 4) is 0 Å². The van der Waals surface area contributed by atoms with E-state index >= 15 is 0 Å². The number of aryl methyl sites for hydroxylation is 1. The van der Waals surface area contributed by atoms with E-state index in [1.54, 1.807) is 7.05 Å². The van der Waals surface area contributed by atoms with Crippen LogP contribution in [0.4, 0.5) is 0 Å². The van der Waals surface area contributed by atoms with Crippen LogP contribution in [-0.2, 0) is 11.8 Å². The summed E-state index contributed by atoms with van der Waals surface area (Å²) in [6, 6.07) is 0. The van der Waals surface area contributed by atoms with Gasteiger partial charge in [0.15, 0.2) is 5.11 Å². The van der Waals surface area contributed by atoms with Crippen LogP contribution in [-0.4, -0.2) is 52.1 Å². The number of carbonyl (C=O) groups excluding carboxylic acids is 1.